The Morgan fingerprint density at radius 2 is 1.91 bits per heavy atom. The first kappa shape index (κ1) is 17.2. The van der Waals surface area contributed by atoms with Crippen molar-refractivity contribution in [3.05, 3.63) is 29.8 Å². The largest absolute Gasteiger partial charge is 0.330 e. The van der Waals surface area contributed by atoms with Gasteiger partial charge in [0, 0.05) is 12.6 Å². The van der Waals surface area contributed by atoms with Gasteiger partial charge in [0.1, 0.15) is 0 Å². The second-order valence-corrected chi connectivity index (χ2v) is 6.77. The third-order valence-corrected chi connectivity index (χ3v) is 4.70. The maximum Gasteiger partial charge on any atom is 0.248 e. The molecule has 0 saturated carbocycles. The van der Waals surface area contributed by atoms with Crippen molar-refractivity contribution in [2.75, 3.05) is 11.1 Å². The molecule has 7 nitrogen and oxygen atoms in total. The Kier molecular flexibility index (Phi) is 6.36. The van der Waals surface area contributed by atoms with E-state index in [-0.39, 0.29) is 17.6 Å². The fourth-order valence-corrected chi connectivity index (χ4v) is 3.16. The second kappa shape index (κ2) is 8.49. The topological polar surface area (TPSA) is 96.0 Å². The van der Waals surface area contributed by atoms with E-state index in [9.17, 15) is 9.59 Å². The van der Waals surface area contributed by atoms with Crippen LogP contribution in [-0.4, -0.2) is 27.8 Å². The number of hydrogen-bond acceptors (Lipinski definition) is 7. The number of hydrogen-bond donors (Lipinski definition) is 3. The molecule has 0 radical (unpaired) electrons. The standard InChI is InChI=1S/C14H17N5O2S2/c1-3-10-4-6-11(7-5-10)15-13-18-19-14(23-13)22-8-12(21)17-16-9(2)20/h4-7H,3,8H2,1-2H3,(H,15,18)(H,16,20)(H,17,21). The lowest BCUT2D eigenvalue weighted by Gasteiger charge is -2.03. The molecule has 2 rings (SSSR count). The van der Waals surface area contributed by atoms with E-state index in [2.05, 4.69) is 45.4 Å². The average Bonchev–Trinajstić information content (AvgIpc) is 2.99. The van der Waals surface area contributed by atoms with Gasteiger partial charge in [-0.15, -0.1) is 10.2 Å². The Balaban J connectivity index is 1.82. The second-order valence-electron chi connectivity index (χ2n) is 4.57. The molecule has 0 aliphatic rings. The summed E-state index contributed by atoms with van der Waals surface area (Å²) in [5.41, 5.74) is 6.74. The van der Waals surface area contributed by atoms with E-state index in [0.29, 0.717) is 9.47 Å². The molecule has 1 heterocycles. The predicted octanol–water partition coefficient (Wildman–Crippen LogP) is 2.10. The molecule has 2 amide bonds. The molecule has 0 spiro atoms. The molecule has 0 saturated heterocycles. The third kappa shape index (κ3) is 5.87. The molecule has 9 heteroatoms. The summed E-state index contributed by atoms with van der Waals surface area (Å²) in [6.07, 6.45) is 1.00. The van der Waals surface area contributed by atoms with Gasteiger partial charge in [0.25, 0.3) is 0 Å². The van der Waals surface area contributed by atoms with Crippen molar-refractivity contribution in [2.45, 2.75) is 24.6 Å². The highest BCUT2D eigenvalue weighted by atomic mass is 32.2. The summed E-state index contributed by atoms with van der Waals surface area (Å²) in [4.78, 5) is 22.2. The van der Waals surface area contributed by atoms with Crippen LogP contribution in [0, 0.1) is 0 Å². The molecule has 1 aromatic carbocycles. The molecule has 0 aliphatic carbocycles. The smallest absolute Gasteiger partial charge is 0.248 e. The summed E-state index contributed by atoms with van der Waals surface area (Å²) >= 11 is 2.63. The van der Waals surface area contributed by atoms with Crippen LogP contribution in [-0.2, 0) is 16.0 Å². The van der Waals surface area contributed by atoms with Crippen LogP contribution in [0.15, 0.2) is 28.6 Å². The quantitative estimate of drug-likeness (QED) is 0.545. The van der Waals surface area contributed by atoms with E-state index >= 15 is 0 Å². The van der Waals surface area contributed by atoms with Gasteiger partial charge in [-0.05, 0) is 24.1 Å². The predicted molar refractivity (Wildman–Crippen MR) is 91.7 cm³/mol. The van der Waals surface area contributed by atoms with E-state index in [0.717, 1.165) is 12.1 Å². The molecule has 2 aromatic rings. The molecule has 0 bridgehead atoms. The highest BCUT2D eigenvalue weighted by Gasteiger charge is 2.08. The zero-order valence-electron chi connectivity index (χ0n) is 12.8. The molecule has 0 fully saturated rings. The minimum absolute atomic E-state index is 0.153. The number of aryl methyl sites for hydroxylation is 1. The Hall–Kier alpha value is -2.13. The van der Waals surface area contributed by atoms with Crippen LogP contribution in [0.5, 0.6) is 0 Å². The van der Waals surface area contributed by atoms with E-state index < -0.39 is 0 Å². The van der Waals surface area contributed by atoms with Gasteiger partial charge in [-0.25, -0.2) is 0 Å². The zero-order chi connectivity index (χ0) is 16.7. The van der Waals surface area contributed by atoms with E-state index in [1.807, 2.05) is 12.1 Å². The minimum Gasteiger partial charge on any atom is -0.330 e. The van der Waals surface area contributed by atoms with E-state index in [4.69, 9.17) is 0 Å². The molecular weight excluding hydrogens is 334 g/mol. The Morgan fingerprint density at radius 1 is 1.17 bits per heavy atom. The number of nitrogens with zero attached hydrogens (tertiary/aromatic N) is 2. The fraction of sp³-hybridized carbons (Fsp3) is 0.286. The number of thioether (sulfide) groups is 1. The maximum absolute atomic E-state index is 11.5. The minimum atomic E-state index is -0.320. The van der Waals surface area contributed by atoms with Crippen LogP contribution in [0.3, 0.4) is 0 Å². The third-order valence-electron chi connectivity index (χ3n) is 2.72. The first-order valence-electron chi connectivity index (χ1n) is 6.94. The SMILES string of the molecule is CCc1ccc(Nc2nnc(SCC(=O)NNC(C)=O)s2)cc1. The summed E-state index contributed by atoms with van der Waals surface area (Å²) in [6, 6.07) is 8.11. The number of anilines is 2. The number of rotatable bonds is 6. The van der Waals surface area contributed by atoms with Crippen LogP contribution in [0.25, 0.3) is 0 Å². The Morgan fingerprint density at radius 3 is 2.57 bits per heavy atom. The molecule has 3 N–H and O–H groups in total. The van der Waals surface area contributed by atoms with Crippen LogP contribution in [0.2, 0.25) is 0 Å². The Labute approximate surface area is 142 Å². The van der Waals surface area contributed by atoms with Crippen LogP contribution in [0.4, 0.5) is 10.8 Å². The zero-order valence-corrected chi connectivity index (χ0v) is 14.4. The monoisotopic (exact) mass is 351 g/mol. The fourth-order valence-electron chi connectivity index (χ4n) is 1.59. The first-order chi connectivity index (χ1) is 11.1. The van der Waals surface area contributed by atoms with Crippen molar-refractivity contribution in [3.63, 3.8) is 0 Å². The summed E-state index contributed by atoms with van der Waals surface area (Å²) in [6.45, 7) is 3.43. The van der Waals surface area contributed by atoms with Crippen LogP contribution >= 0.6 is 23.1 Å². The van der Waals surface area contributed by atoms with Crippen molar-refractivity contribution in [1.82, 2.24) is 21.0 Å². The van der Waals surface area contributed by atoms with Crippen LogP contribution < -0.4 is 16.2 Å². The molecule has 0 atom stereocenters. The van der Waals surface area contributed by atoms with Gasteiger partial charge in [0.2, 0.25) is 16.9 Å². The number of carbonyl (C=O) groups is 2. The summed E-state index contributed by atoms with van der Waals surface area (Å²) in [5, 5.41) is 11.9. The number of amides is 2. The van der Waals surface area contributed by atoms with Crippen molar-refractivity contribution < 1.29 is 9.59 Å². The summed E-state index contributed by atoms with van der Waals surface area (Å²) in [7, 11) is 0. The molecule has 23 heavy (non-hydrogen) atoms. The van der Waals surface area contributed by atoms with Gasteiger partial charge in [-0.2, -0.15) is 0 Å². The van der Waals surface area contributed by atoms with Crippen LogP contribution in [0.1, 0.15) is 19.4 Å². The highest BCUT2D eigenvalue weighted by molar-refractivity contribution is 8.01. The first-order valence-corrected chi connectivity index (χ1v) is 8.74. The summed E-state index contributed by atoms with van der Waals surface area (Å²) in [5.74, 6) is -0.468. The highest BCUT2D eigenvalue weighted by Crippen LogP contribution is 2.27. The number of carbonyl (C=O) groups excluding carboxylic acids is 2. The van der Waals surface area contributed by atoms with Gasteiger partial charge in [0.05, 0.1) is 5.75 Å². The van der Waals surface area contributed by atoms with Crippen molar-refractivity contribution >= 4 is 45.7 Å². The molecule has 0 aliphatic heterocycles. The lowest BCUT2D eigenvalue weighted by atomic mass is 10.1. The number of benzene rings is 1. The van der Waals surface area contributed by atoms with E-state index in [1.165, 1.54) is 35.6 Å². The van der Waals surface area contributed by atoms with Gasteiger partial charge >= 0.3 is 0 Å². The number of hydrazine groups is 1. The lowest BCUT2D eigenvalue weighted by molar-refractivity contribution is -0.126. The van der Waals surface area contributed by atoms with Crippen molar-refractivity contribution in [1.29, 1.82) is 0 Å². The molecule has 1 aromatic heterocycles. The van der Waals surface area contributed by atoms with Gasteiger partial charge < -0.3 is 5.32 Å². The maximum atomic E-state index is 11.5. The molecule has 0 unspecified atom stereocenters. The molecule has 122 valence electrons. The number of nitrogens with one attached hydrogen (secondary N) is 3. The van der Waals surface area contributed by atoms with Crippen molar-refractivity contribution in [2.24, 2.45) is 0 Å². The van der Waals surface area contributed by atoms with Gasteiger partial charge in [-0.3, -0.25) is 20.4 Å². The average molecular weight is 351 g/mol. The number of aromatic nitrogens is 2. The van der Waals surface area contributed by atoms with E-state index in [1.54, 1.807) is 0 Å². The summed E-state index contributed by atoms with van der Waals surface area (Å²) < 4.78 is 0.677. The van der Waals surface area contributed by atoms with Crippen molar-refractivity contribution in [3.8, 4) is 0 Å². The lowest BCUT2D eigenvalue weighted by Crippen LogP contribution is -2.41. The Bertz CT molecular complexity index is 672. The van der Waals surface area contributed by atoms with Gasteiger partial charge in [0.15, 0.2) is 4.34 Å². The van der Waals surface area contributed by atoms with Gasteiger partial charge in [-0.1, -0.05) is 42.2 Å². The molecular formula is C14H17N5O2S2. The normalized spacial score (nSPS) is 10.2.